The Labute approximate surface area is 227 Å². The van der Waals surface area contributed by atoms with Crippen LogP contribution in [0, 0.1) is 0 Å². The maximum Gasteiger partial charge on any atom is 0.253 e. The molecule has 3 nitrogen and oxygen atoms in total. The van der Waals surface area contributed by atoms with Crippen molar-refractivity contribution in [2.75, 3.05) is 33.7 Å². The van der Waals surface area contributed by atoms with Crippen LogP contribution < -0.4 is 0 Å². The van der Waals surface area contributed by atoms with Crippen molar-refractivity contribution in [2.45, 2.75) is 101 Å². The number of benzene rings is 2. The van der Waals surface area contributed by atoms with Gasteiger partial charge in [-0.1, -0.05) is 132 Å². The SMILES string of the molecule is CC.CC.CC.CC.CC.CC.CN1CCC(CN(C)C(=O)c2ccccc2)(c2ccccc2)CC1. The van der Waals surface area contributed by atoms with Gasteiger partial charge in [0.1, 0.15) is 0 Å². The lowest BCUT2D eigenvalue weighted by Gasteiger charge is -2.43. The Balaban J connectivity index is -0.000000375. The van der Waals surface area contributed by atoms with Crippen molar-refractivity contribution < 1.29 is 4.79 Å². The smallest absolute Gasteiger partial charge is 0.253 e. The molecule has 3 rings (SSSR count). The topological polar surface area (TPSA) is 23.6 Å². The molecule has 210 valence electrons. The fraction of sp³-hybridized carbons (Fsp3) is 0.606. The van der Waals surface area contributed by atoms with E-state index in [9.17, 15) is 4.79 Å². The summed E-state index contributed by atoms with van der Waals surface area (Å²) in [7, 11) is 4.10. The fourth-order valence-electron chi connectivity index (χ4n) is 3.70. The molecular weight excluding hydrogens is 440 g/mol. The van der Waals surface area contributed by atoms with E-state index in [1.165, 1.54) is 5.56 Å². The molecule has 1 aliphatic heterocycles. The maximum absolute atomic E-state index is 12.8. The van der Waals surface area contributed by atoms with Gasteiger partial charge in [0.15, 0.2) is 0 Å². The number of nitrogens with zero attached hydrogens (tertiary/aromatic N) is 2. The Morgan fingerprint density at radius 1 is 0.694 bits per heavy atom. The monoisotopic (exact) mass is 502 g/mol. The number of rotatable bonds is 4. The average Bonchev–Trinajstić information content (AvgIpc) is 3.01. The lowest BCUT2D eigenvalue weighted by molar-refractivity contribution is 0.0713. The number of hydrogen-bond acceptors (Lipinski definition) is 2. The second-order valence-electron chi connectivity index (χ2n) is 6.98. The molecule has 0 aromatic heterocycles. The van der Waals surface area contributed by atoms with Gasteiger partial charge in [-0.3, -0.25) is 4.79 Å². The van der Waals surface area contributed by atoms with Crippen LogP contribution in [-0.4, -0.2) is 49.4 Å². The summed E-state index contributed by atoms with van der Waals surface area (Å²) < 4.78 is 0. The first kappa shape index (κ1) is 41.0. The number of amides is 1. The van der Waals surface area contributed by atoms with E-state index >= 15 is 0 Å². The predicted octanol–water partition coefficient (Wildman–Crippen LogP) is 9.58. The lowest BCUT2D eigenvalue weighted by atomic mass is 9.72. The molecule has 0 atom stereocenters. The Hall–Kier alpha value is -2.13. The van der Waals surface area contributed by atoms with Gasteiger partial charge in [0.25, 0.3) is 5.91 Å². The van der Waals surface area contributed by atoms with Crippen molar-refractivity contribution >= 4 is 5.91 Å². The fourth-order valence-corrected chi connectivity index (χ4v) is 3.70. The van der Waals surface area contributed by atoms with Gasteiger partial charge in [0, 0.05) is 24.6 Å². The van der Waals surface area contributed by atoms with E-state index in [1.54, 1.807) is 0 Å². The molecule has 1 saturated heterocycles. The van der Waals surface area contributed by atoms with E-state index in [1.807, 2.05) is 125 Å². The third-order valence-corrected chi connectivity index (χ3v) is 5.24. The molecule has 0 spiro atoms. The summed E-state index contributed by atoms with van der Waals surface area (Å²) in [6.07, 6.45) is 2.17. The van der Waals surface area contributed by atoms with Gasteiger partial charge >= 0.3 is 0 Å². The molecule has 2 aromatic carbocycles. The highest BCUT2D eigenvalue weighted by molar-refractivity contribution is 5.94. The molecule has 2 aromatic rings. The van der Waals surface area contributed by atoms with E-state index in [2.05, 4.69) is 42.3 Å². The Bertz CT molecular complexity index is 663. The number of carbonyl (C=O) groups is 1. The Morgan fingerprint density at radius 2 is 1.06 bits per heavy atom. The minimum atomic E-state index is 0.0486. The summed E-state index contributed by atoms with van der Waals surface area (Å²) in [6.45, 7) is 26.9. The van der Waals surface area contributed by atoms with Gasteiger partial charge in [0.2, 0.25) is 0 Å². The molecule has 0 saturated carbocycles. The van der Waals surface area contributed by atoms with Crippen molar-refractivity contribution in [2.24, 2.45) is 0 Å². The first-order valence-electron chi connectivity index (χ1n) is 14.7. The largest absolute Gasteiger partial charge is 0.341 e. The third kappa shape index (κ3) is 15.1. The van der Waals surface area contributed by atoms with Crippen LogP contribution in [0.3, 0.4) is 0 Å². The Kier molecular flexibility index (Phi) is 33.2. The molecule has 0 unspecified atom stereocenters. The first-order valence-corrected chi connectivity index (χ1v) is 14.7. The van der Waals surface area contributed by atoms with Crippen LogP contribution in [0.25, 0.3) is 0 Å². The van der Waals surface area contributed by atoms with Crippen LogP contribution in [0.1, 0.15) is 112 Å². The van der Waals surface area contributed by atoms with Crippen LogP contribution in [0.2, 0.25) is 0 Å². The van der Waals surface area contributed by atoms with Gasteiger partial charge in [-0.05, 0) is 50.7 Å². The molecule has 1 aliphatic rings. The van der Waals surface area contributed by atoms with E-state index in [0.29, 0.717) is 0 Å². The number of likely N-dealkylation sites (tertiary alicyclic amines) is 1. The number of hydrogen-bond donors (Lipinski definition) is 0. The highest BCUT2D eigenvalue weighted by Crippen LogP contribution is 2.36. The van der Waals surface area contributed by atoms with Crippen molar-refractivity contribution in [3.05, 3.63) is 71.8 Å². The molecular formula is C33H62N2O. The minimum absolute atomic E-state index is 0.0486. The molecule has 1 fully saturated rings. The molecule has 1 heterocycles. The van der Waals surface area contributed by atoms with Crippen LogP contribution in [-0.2, 0) is 5.41 Å². The molecule has 3 heteroatoms. The minimum Gasteiger partial charge on any atom is -0.341 e. The van der Waals surface area contributed by atoms with Gasteiger partial charge in [-0.25, -0.2) is 0 Å². The van der Waals surface area contributed by atoms with E-state index in [-0.39, 0.29) is 11.3 Å². The predicted molar refractivity (Wildman–Crippen MR) is 166 cm³/mol. The summed E-state index contributed by atoms with van der Waals surface area (Å²) in [5.74, 6) is 0.102. The van der Waals surface area contributed by atoms with Gasteiger partial charge in [-0.2, -0.15) is 0 Å². The lowest BCUT2D eigenvalue weighted by Crippen LogP contribution is -2.48. The average molecular weight is 503 g/mol. The summed E-state index contributed by atoms with van der Waals surface area (Å²) in [6, 6.07) is 20.3. The van der Waals surface area contributed by atoms with Crippen LogP contribution in [0.5, 0.6) is 0 Å². The van der Waals surface area contributed by atoms with Gasteiger partial charge in [0.05, 0.1) is 0 Å². The van der Waals surface area contributed by atoms with Crippen molar-refractivity contribution in [1.29, 1.82) is 0 Å². The van der Waals surface area contributed by atoms with Crippen molar-refractivity contribution in [3.63, 3.8) is 0 Å². The zero-order chi connectivity index (χ0) is 29.0. The van der Waals surface area contributed by atoms with Crippen LogP contribution in [0.15, 0.2) is 60.7 Å². The highest BCUT2D eigenvalue weighted by atomic mass is 16.2. The second-order valence-corrected chi connectivity index (χ2v) is 6.98. The summed E-state index contributed by atoms with van der Waals surface area (Å²) in [5, 5.41) is 0. The molecule has 1 amide bonds. The molecule has 0 bridgehead atoms. The summed E-state index contributed by atoms with van der Waals surface area (Å²) in [4.78, 5) is 17.0. The first-order chi connectivity index (χ1) is 17.6. The quantitative estimate of drug-likeness (QED) is 0.415. The van der Waals surface area contributed by atoms with Gasteiger partial charge < -0.3 is 9.80 Å². The zero-order valence-corrected chi connectivity index (χ0v) is 26.6. The van der Waals surface area contributed by atoms with Gasteiger partial charge in [-0.15, -0.1) is 0 Å². The summed E-state index contributed by atoms with van der Waals surface area (Å²) >= 11 is 0. The van der Waals surface area contributed by atoms with E-state index in [0.717, 1.165) is 38.0 Å². The molecule has 36 heavy (non-hydrogen) atoms. The number of carbonyl (C=O) groups excluding carboxylic acids is 1. The molecule has 0 N–H and O–H groups in total. The maximum atomic E-state index is 12.8. The van der Waals surface area contributed by atoms with Crippen LogP contribution in [0.4, 0.5) is 0 Å². The number of likely N-dealkylation sites (N-methyl/N-ethyl adjacent to an activating group) is 1. The molecule has 0 aliphatic carbocycles. The normalized spacial score (nSPS) is 12.6. The second kappa shape index (κ2) is 29.1. The van der Waals surface area contributed by atoms with Crippen LogP contribution >= 0.6 is 0 Å². The van der Waals surface area contributed by atoms with E-state index in [4.69, 9.17) is 0 Å². The van der Waals surface area contributed by atoms with E-state index < -0.39 is 0 Å². The third-order valence-electron chi connectivity index (χ3n) is 5.24. The zero-order valence-electron chi connectivity index (χ0n) is 26.6. The number of piperidine rings is 1. The molecule has 0 radical (unpaired) electrons. The highest BCUT2D eigenvalue weighted by Gasteiger charge is 2.37. The standard InChI is InChI=1S/C21H26N2O.6C2H6/c1-22-15-13-21(14-16-22,19-11-7-4-8-12-19)17-23(2)20(24)18-9-5-3-6-10-18;6*1-2/h3-12H,13-17H2,1-2H3;6*1-2H3. The Morgan fingerprint density at radius 3 is 1.44 bits per heavy atom. The summed E-state index contributed by atoms with van der Waals surface area (Å²) in [5.41, 5.74) is 2.16. The van der Waals surface area contributed by atoms with Crippen molar-refractivity contribution in [3.8, 4) is 0 Å². The van der Waals surface area contributed by atoms with Crippen molar-refractivity contribution in [1.82, 2.24) is 9.80 Å².